The van der Waals surface area contributed by atoms with Crippen LogP contribution in [0.1, 0.15) is 32.3 Å². The summed E-state index contributed by atoms with van der Waals surface area (Å²) in [4.78, 5) is 30.0. The van der Waals surface area contributed by atoms with Crippen LogP contribution in [0.5, 0.6) is 0 Å². The molecule has 0 radical (unpaired) electrons. The van der Waals surface area contributed by atoms with Crippen LogP contribution in [-0.4, -0.2) is 41.0 Å². The van der Waals surface area contributed by atoms with E-state index in [4.69, 9.17) is 0 Å². The van der Waals surface area contributed by atoms with Crippen molar-refractivity contribution in [2.24, 2.45) is 0 Å². The molecule has 1 unspecified atom stereocenters. The average Bonchev–Trinajstić information content (AvgIpc) is 2.50. The topological polar surface area (TPSA) is 74.3 Å². The van der Waals surface area contributed by atoms with Gasteiger partial charge in [0.2, 0.25) is 5.91 Å². The first-order valence-electron chi connectivity index (χ1n) is 7.45. The second-order valence-electron chi connectivity index (χ2n) is 5.12. The summed E-state index contributed by atoms with van der Waals surface area (Å²) in [5.41, 5.74) is 1.11. The van der Waals surface area contributed by atoms with Crippen molar-refractivity contribution < 1.29 is 9.59 Å². The lowest BCUT2D eigenvalue weighted by Gasteiger charge is -2.31. The number of aryl methyl sites for hydroxylation is 1. The highest BCUT2D eigenvalue weighted by Crippen LogP contribution is 2.12. The monoisotopic (exact) mass is 290 g/mol. The van der Waals surface area contributed by atoms with E-state index in [9.17, 15) is 9.59 Å². The van der Waals surface area contributed by atoms with Crippen molar-refractivity contribution in [2.45, 2.75) is 39.2 Å². The average molecular weight is 290 g/mol. The van der Waals surface area contributed by atoms with Crippen LogP contribution in [0.3, 0.4) is 0 Å². The molecule has 1 aromatic rings. The predicted octanol–water partition coefficient (Wildman–Crippen LogP) is 1.78. The summed E-state index contributed by atoms with van der Waals surface area (Å²) in [6, 6.07) is 2.86. The quantitative estimate of drug-likeness (QED) is 0.887. The Bertz CT molecular complexity index is 501. The van der Waals surface area contributed by atoms with Crippen molar-refractivity contribution in [1.29, 1.82) is 0 Å². The highest BCUT2D eigenvalue weighted by molar-refractivity contribution is 5.93. The minimum Gasteiger partial charge on any atom is -0.341 e. The summed E-state index contributed by atoms with van der Waals surface area (Å²) in [5.74, 6) is 0.480. The molecule has 0 aromatic carbocycles. The molecule has 0 saturated carbocycles. The third kappa shape index (κ3) is 3.93. The molecule has 2 rings (SSSR count). The van der Waals surface area contributed by atoms with Gasteiger partial charge in [0.15, 0.2) is 0 Å². The van der Waals surface area contributed by atoms with Gasteiger partial charge in [-0.3, -0.25) is 10.1 Å². The van der Waals surface area contributed by atoms with Crippen molar-refractivity contribution in [2.75, 3.05) is 18.4 Å². The number of anilines is 1. The zero-order valence-corrected chi connectivity index (χ0v) is 12.6. The first kappa shape index (κ1) is 15.3. The van der Waals surface area contributed by atoms with Crippen molar-refractivity contribution in [3.8, 4) is 0 Å². The molecular formula is C15H22N4O2. The second kappa shape index (κ2) is 7.06. The third-order valence-corrected chi connectivity index (χ3v) is 3.69. The number of nitrogens with one attached hydrogen (secondary N) is 2. The summed E-state index contributed by atoms with van der Waals surface area (Å²) >= 11 is 0. The number of urea groups is 1. The van der Waals surface area contributed by atoms with E-state index in [0.29, 0.717) is 18.8 Å². The van der Waals surface area contributed by atoms with Gasteiger partial charge in [-0.15, -0.1) is 0 Å². The summed E-state index contributed by atoms with van der Waals surface area (Å²) in [5, 5.41) is 5.39. The molecule has 3 amide bonds. The van der Waals surface area contributed by atoms with Crippen LogP contribution in [0.4, 0.5) is 10.6 Å². The smallest absolute Gasteiger partial charge is 0.321 e. The maximum atomic E-state index is 12.1. The zero-order chi connectivity index (χ0) is 15.2. The molecule has 1 aliphatic heterocycles. The first-order valence-corrected chi connectivity index (χ1v) is 7.45. The first-order chi connectivity index (χ1) is 10.1. The minimum atomic E-state index is -0.436. The number of amides is 3. The van der Waals surface area contributed by atoms with E-state index in [2.05, 4.69) is 15.6 Å². The lowest BCUT2D eigenvalue weighted by atomic mass is 10.1. The van der Waals surface area contributed by atoms with E-state index in [0.717, 1.165) is 24.9 Å². The number of aromatic nitrogens is 1. The largest absolute Gasteiger partial charge is 0.341 e. The Labute approximate surface area is 124 Å². The number of carbonyl (C=O) groups is 2. The van der Waals surface area contributed by atoms with Gasteiger partial charge in [-0.25, -0.2) is 9.78 Å². The van der Waals surface area contributed by atoms with Gasteiger partial charge >= 0.3 is 6.03 Å². The molecule has 0 bridgehead atoms. The van der Waals surface area contributed by atoms with E-state index in [-0.39, 0.29) is 11.9 Å². The summed E-state index contributed by atoms with van der Waals surface area (Å²) in [6.07, 6.45) is 4.24. The summed E-state index contributed by atoms with van der Waals surface area (Å²) in [6.45, 7) is 5.44. The maximum Gasteiger partial charge on any atom is 0.321 e. The number of piperidine rings is 1. The molecule has 0 aliphatic carbocycles. The molecule has 1 saturated heterocycles. The third-order valence-electron chi connectivity index (χ3n) is 3.69. The van der Waals surface area contributed by atoms with Gasteiger partial charge in [-0.05, 0) is 37.8 Å². The molecule has 114 valence electrons. The Balaban J connectivity index is 1.90. The van der Waals surface area contributed by atoms with Crippen LogP contribution < -0.4 is 10.6 Å². The molecule has 6 heteroatoms. The van der Waals surface area contributed by atoms with Crippen molar-refractivity contribution in [3.63, 3.8) is 0 Å². The molecule has 21 heavy (non-hydrogen) atoms. The van der Waals surface area contributed by atoms with E-state index < -0.39 is 6.04 Å². The highest BCUT2D eigenvalue weighted by atomic mass is 16.2. The molecule has 2 heterocycles. The number of nitrogens with zero attached hydrogens (tertiary/aromatic N) is 2. The highest BCUT2D eigenvalue weighted by Gasteiger charge is 2.28. The minimum absolute atomic E-state index is 0.00631. The van der Waals surface area contributed by atoms with Crippen LogP contribution in [0.15, 0.2) is 18.3 Å². The molecule has 1 atom stereocenters. The lowest BCUT2D eigenvalue weighted by Crippen LogP contribution is -2.53. The maximum absolute atomic E-state index is 12.1. The van der Waals surface area contributed by atoms with Crippen molar-refractivity contribution in [1.82, 2.24) is 15.2 Å². The Hall–Kier alpha value is -2.11. The van der Waals surface area contributed by atoms with Crippen LogP contribution in [-0.2, 0) is 11.2 Å². The summed E-state index contributed by atoms with van der Waals surface area (Å²) < 4.78 is 0. The van der Waals surface area contributed by atoms with Crippen LogP contribution in [0.25, 0.3) is 0 Å². The number of likely N-dealkylation sites (N-methyl/N-ethyl adjacent to an activating group) is 1. The van der Waals surface area contributed by atoms with Crippen molar-refractivity contribution >= 4 is 17.8 Å². The Morgan fingerprint density at radius 2 is 2.24 bits per heavy atom. The fraction of sp³-hybridized carbons (Fsp3) is 0.533. The van der Waals surface area contributed by atoms with Gasteiger partial charge < -0.3 is 10.2 Å². The van der Waals surface area contributed by atoms with E-state index in [1.165, 1.54) is 0 Å². The molecular weight excluding hydrogens is 268 g/mol. The van der Waals surface area contributed by atoms with Gasteiger partial charge in [0.25, 0.3) is 0 Å². The van der Waals surface area contributed by atoms with Gasteiger partial charge in [-0.2, -0.15) is 0 Å². The Morgan fingerprint density at radius 1 is 1.43 bits per heavy atom. The van der Waals surface area contributed by atoms with Gasteiger partial charge in [0, 0.05) is 19.3 Å². The SMILES string of the molecule is CCc1ccc(NC(=O)NC2CCCN(CC)C2=O)nc1. The van der Waals surface area contributed by atoms with Crippen molar-refractivity contribution in [3.05, 3.63) is 23.9 Å². The number of rotatable bonds is 4. The Kier molecular flexibility index (Phi) is 5.14. The van der Waals surface area contributed by atoms with Gasteiger partial charge in [0.1, 0.15) is 11.9 Å². The molecule has 1 aliphatic rings. The standard InChI is InChI=1S/C15H22N4O2/c1-3-11-7-8-13(16-10-11)18-15(21)17-12-6-5-9-19(4-2)14(12)20/h7-8,10,12H,3-6,9H2,1-2H3,(H2,16,17,18,21). The summed E-state index contributed by atoms with van der Waals surface area (Å²) in [7, 11) is 0. The number of hydrogen-bond acceptors (Lipinski definition) is 3. The molecule has 1 fully saturated rings. The predicted molar refractivity (Wildman–Crippen MR) is 81.0 cm³/mol. The normalized spacial score (nSPS) is 18.5. The molecule has 2 N–H and O–H groups in total. The van der Waals surface area contributed by atoms with Gasteiger partial charge in [0.05, 0.1) is 0 Å². The zero-order valence-electron chi connectivity index (χ0n) is 12.6. The van der Waals surface area contributed by atoms with E-state index >= 15 is 0 Å². The second-order valence-corrected chi connectivity index (χ2v) is 5.12. The fourth-order valence-corrected chi connectivity index (χ4v) is 2.41. The van der Waals surface area contributed by atoms with E-state index in [1.54, 1.807) is 17.2 Å². The Morgan fingerprint density at radius 3 is 2.86 bits per heavy atom. The molecule has 1 aromatic heterocycles. The number of pyridine rings is 1. The number of hydrogen-bond donors (Lipinski definition) is 2. The number of carbonyl (C=O) groups excluding carboxylic acids is 2. The van der Waals surface area contributed by atoms with E-state index in [1.807, 2.05) is 19.9 Å². The van der Waals surface area contributed by atoms with Crippen LogP contribution >= 0.6 is 0 Å². The van der Waals surface area contributed by atoms with Crippen LogP contribution in [0.2, 0.25) is 0 Å². The lowest BCUT2D eigenvalue weighted by molar-refractivity contribution is -0.135. The molecule has 0 spiro atoms. The fourth-order valence-electron chi connectivity index (χ4n) is 2.41. The van der Waals surface area contributed by atoms with Crippen LogP contribution in [0, 0.1) is 0 Å². The van der Waals surface area contributed by atoms with Gasteiger partial charge in [-0.1, -0.05) is 13.0 Å². The molecule has 6 nitrogen and oxygen atoms in total. The number of likely N-dealkylation sites (tertiary alicyclic amines) is 1.